The summed E-state index contributed by atoms with van der Waals surface area (Å²) in [6.07, 6.45) is -4.81. The molecule has 0 radical (unpaired) electrons. The summed E-state index contributed by atoms with van der Waals surface area (Å²) < 4.78 is 38.7. The van der Waals surface area contributed by atoms with Gasteiger partial charge in [0.05, 0.1) is 5.92 Å². The Labute approximate surface area is 113 Å². The number of carbonyl (C=O) groups excluding carboxylic acids is 1. The Morgan fingerprint density at radius 2 is 1.85 bits per heavy atom. The number of likely N-dealkylation sites (tertiary alicyclic amines) is 1. The van der Waals surface area contributed by atoms with E-state index in [1.54, 1.807) is 0 Å². The lowest BCUT2D eigenvalue weighted by Crippen LogP contribution is -2.65. The average Bonchev–Trinajstić information content (AvgIpc) is 2.98. The number of nitrogens with one attached hydrogen (secondary N) is 1. The molecule has 1 atom stereocenters. The Kier molecular flexibility index (Phi) is 2.64. The zero-order chi connectivity index (χ0) is 14.8. The number of carboxylic acids is 1. The molecule has 0 bridgehead atoms. The van der Waals surface area contributed by atoms with Crippen LogP contribution in [0.5, 0.6) is 0 Å². The maximum absolute atomic E-state index is 12.9. The summed E-state index contributed by atoms with van der Waals surface area (Å²) in [5, 5.41) is 12.1. The molecule has 2 N–H and O–H groups in total. The number of hydrogen-bond acceptors (Lipinski definition) is 3. The molecular weight excluding hydrogens is 277 g/mol. The van der Waals surface area contributed by atoms with Gasteiger partial charge in [0.2, 0.25) is 5.91 Å². The Morgan fingerprint density at radius 3 is 2.30 bits per heavy atom. The Hall–Kier alpha value is -1.31. The standard InChI is InChI=1S/C12H15F3N2O3/c13-12(14,15)11(1-2-11)9(20)17-5-10(6-17)4-16-3-7(10)8(18)19/h7,16H,1-6H2,(H,18,19)/t7-/m0/s1. The van der Waals surface area contributed by atoms with Crippen molar-refractivity contribution in [2.45, 2.75) is 19.0 Å². The lowest BCUT2D eigenvalue weighted by atomic mass is 9.71. The number of halogens is 3. The van der Waals surface area contributed by atoms with E-state index in [9.17, 15) is 22.8 Å². The molecule has 0 unspecified atom stereocenters. The fourth-order valence-corrected chi connectivity index (χ4v) is 3.39. The van der Waals surface area contributed by atoms with Crippen molar-refractivity contribution in [1.29, 1.82) is 0 Å². The second-order valence-corrected chi connectivity index (χ2v) is 6.13. The highest BCUT2D eigenvalue weighted by molar-refractivity contribution is 5.87. The van der Waals surface area contributed by atoms with E-state index in [-0.39, 0.29) is 25.9 Å². The first-order valence-corrected chi connectivity index (χ1v) is 6.52. The van der Waals surface area contributed by atoms with Crippen LogP contribution in [-0.4, -0.2) is 54.2 Å². The molecule has 3 aliphatic rings. The lowest BCUT2D eigenvalue weighted by molar-refractivity contribution is -0.206. The van der Waals surface area contributed by atoms with E-state index in [2.05, 4.69) is 5.32 Å². The molecule has 2 heterocycles. The number of alkyl halides is 3. The first-order valence-electron chi connectivity index (χ1n) is 6.52. The minimum absolute atomic E-state index is 0.105. The van der Waals surface area contributed by atoms with Crippen molar-refractivity contribution < 1.29 is 27.9 Å². The maximum atomic E-state index is 12.9. The smallest absolute Gasteiger partial charge is 0.403 e. The van der Waals surface area contributed by atoms with Crippen LogP contribution < -0.4 is 5.32 Å². The third-order valence-electron chi connectivity index (χ3n) is 4.86. The van der Waals surface area contributed by atoms with Gasteiger partial charge in [-0.3, -0.25) is 9.59 Å². The molecule has 3 rings (SSSR count). The van der Waals surface area contributed by atoms with Crippen molar-refractivity contribution in [1.82, 2.24) is 10.2 Å². The fourth-order valence-electron chi connectivity index (χ4n) is 3.39. The van der Waals surface area contributed by atoms with Crippen molar-refractivity contribution in [3.63, 3.8) is 0 Å². The van der Waals surface area contributed by atoms with E-state index in [1.807, 2.05) is 0 Å². The molecule has 2 saturated heterocycles. The summed E-state index contributed by atoms with van der Waals surface area (Å²) in [6.45, 7) is 0.954. The SMILES string of the molecule is O=C(O)[C@@H]1CNCC12CN(C(=O)C1(C(F)(F)F)CC1)C2. The van der Waals surface area contributed by atoms with Crippen molar-refractivity contribution in [2.75, 3.05) is 26.2 Å². The third-order valence-corrected chi connectivity index (χ3v) is 4.86. The van der Waals surface area contributed by atoms with E-state index in [4.69, 9.17) is 5.11 Å². The molecule has 1 amide bonds. The van der Waals surface area contributed by atoms with E-state index in [0.717, 1.165) is 0 Å². The normalized spacial score (nSPS) is 30.1. The quantitative estimate of drug-likeness (QED) is 0.776. The monoisotopic (exact) mass is 292 g/mol. The van der Waals surface area contributed by atoms with Crippen LogP contribution in [0.1, 0.15) is 12.8 Å². The molecule has 0 aromatic carbocycles. The van der Waals surface area contributed by atoms with E-state index in [0.29, 0.717) is 13.1 Å². The molecular formula is C12H15F3N2O3. The summed E-state index contributed by atoms with van der Waals surface area (Å²) in [4.78, 5) is 24.3. The number of nitrogens with zero attached hydrogens (tertiary/aromatic N) is 1. The lowest BCUT2D eigenvalue weighted by Gasteiger charge is -2.50. The second-order valence-electron chi connectivity index (χ2n) is 6.13. The molecule has 112 valence electrons. The van der Waals surface area contributed by atoms with Crippen LogP contribution in [0.4, 0.5) is 13.2 Å². The molecule has 2 aliphatic heterocycles. The van der Waals surface area contributed by atoms with Gasteiger partial charge >= 0.3 is 12.1 Å². The van der Waals surface area contributed by atoms with Gasteiger partial charge in [0.25, 0.3) is 0 Å². The molecule has 20 heavy (non-hydrogen) atoms. The number of amides is 1. The van der Waals surface area contributed by atoms with Gasteiger partial charge < -0.3 is 15.3 Å². The van der Waals surface area contributed by atoms with Crippen LogP contribution >= 0.6 is 0 Å². The van der Waals surface area contributed by atoms with Gasteiger partial charge in [-0.1, -0.05) is 0 Å². The highest BCUT2D eigenvalue weighted by Gasteiger charge is 2.71. The molecule has 1 spiro atoms. The average molecular weight is 292 g/mol. The summed E-state index contributed by atoms with van der Waals surface area (Å²) in [7, 11) is 0. The number of rotatable bonds is 2. The van der Waals surface area contributed by atoms with Gasteiger partial charge in [-0.15, -0.1) is 0 Å². The summed E-state index contributed by atoms with van der Waals surface area (Å²) in [6, 6.07) is 0. The number of carboxylic acid groups (broad SMARTS) is 1. The summed E-state index contributed by atoms with van der Waals surface area (Å²) in [5.41, 5.74) is -2.79. The predicted molar refractivity (Wildman–Crippen MR) is 60.7 cm³/mol. The van der Waals surface area contributed by atoms with E-state index >= 15 is 0 Å². The highest BCUT2D eigenvalue weighted by atomic mass is 19.4. The summed E-state index contributed by atoms with van der Waals surface area (Å²) >= 11 is 0. The number of aliphatic carboxylic acids is 1. The van der Waals surface area contributed by atoms with Crippen LogP contribution in [-0.2, 0) is 9.59 Å². The van der Waals surface area contributed by atoms with Gasteiger partial charge in [0.1, 0.15) is 5.41 Å². The van der Waals surface area contributed by atoms with Crippen LogP contribution in [0.2, 0.25) is 0 Å². The van der Waals surface area contributed by atoms with Gasteiger partial charge in [-0.25, -0.2) is 0 Å². The maximum Gasteiger partial charge on any atom is 0.403 e. The zero-order valence-corrected chi connectivity index (χ0v) is 10.7. The van der Waals surface area contributed by atoms with Crippen LogP contribution in [0.25, 0.3) is 0 Å². The van der Waals surface area contributed by atoms with Gasteiger partial charge in [-0.2, -0.15) is 13.2 Å². The highest BCUT2D eigenvalue weighted by Crippen LogP contribution is 2.59. The minimum Gasteiger partial charge on any atom is -0.481 e. The largest absolute Gasteiger partial charge is 0.481 e. The molecule has 1 saturated carbocycles. The van der Waals surface area contributed by atoms with Crippen molar-refractivity contribution >= 4 is 11.9 Å². The fraction of sp³-hybridized carbons (Fsp3) is 0.833. The van der Waals surface area contributed by atoms with E-state index in [1.165, 1.54) is 4.90 Å². The first kappa shape index (κ1) is 13.7. The second kappa shape index (κ2) is 3.87. The summed E-state index contributed by atoms with van der Waals surface area (Å²) in [5.74, 6) is -2.47. The minimum atomic E-state index is -4.51. The van der Waals surface area contributed by atoms with Crippen molar-refractivity contribution in [3.05, 3.63) is 0 Å². The van der Waals surface area contributed by atoms with E-state index < -0.39 is 34.8 Å². The molecule has 3 fully saturated rings. The first-order chi connectivity index (χ1) is 9.22. The molecule has 8 heteroatoms. The Morgan fingerprint density at radius 1 is 1.25 bits per heavy atom. The number of carbonyl (C=O) groups is 2. The predicted octanol–water partition coefficient (Wildman–Crippen LogP) is 0.461. The van der Waals surface area contributed by atoms with Crippen molar-refractivity contribution in [3.8, 4) is 0 Å². The van der Waals surface area contributed by atoms with Crippen LogP contribution in [0.15, 0.2) is 0 Å². The van der Waals surface area contributed by atoms with Crippen molar-refractivity contribution in [2.24, 2.45) is 16.7 Å². The van der Waals surface area contributed by atoms with Crippen LogP contribution in [0, 0.1) is 16.7 Å². The number of hydrogen-bond donors (Lipinski definition) is 2. The molecule has 0 aromatic heterocycles. The molecule has 5 nitrogen and oxygen atoms in total. The zero-order valence-electron chi connectivity index (χ0n) is 10.7. The Balaban J connectivity index is 1.69. The topological polar surface area (TPSA) is 69.6 Å². The molecule has 1 aliphatic carbocycles. The van der Waals surface area contributed by atoms with Gasteiger partial charge in [0.15, 0.2) is 0 Å². The van der Waals surface area contributed by atoms with Gasteiger partial charge in [0, 0.05) is 31.6 Å². The third kappa shape index (κ3) is 1.66. The Bertz CT molecular complexity index is 467. The van der Waals surface area contributed by atoms with Gasteiger partial charge in [-0.05, 0) is 12.8 Å². The molecule has 0 aromatic rings. The van der Waals surface area contributed by atoms with Crippen LogP contribution in [0.3, 0.4) is 0 Å².